The van der Waals surface area contributed by atoms with Crippen LogP contribution >= 0.6 is 0 Å². The molecule has 0 bridgehead atoms. The first-order valence-electron chi connectivity index (χ1n) is 7.74. The van der Waals surface area contributed by atoms with E-state index in [4.69, 9.17) is 9.47 Å². The van der Waals surface area contributed by atoms with Gasteiger partial charge < -0.3 is 9.47 Å². The number of carbonyl (C=O) groups excluding carboxylic acids is 2. The van der Waals surface area contributed by atoms with Crippen molar-refractivity contribution < 1.29 is 19.1 Å². The van der Waals surface area contributed by atoms with E-state index in [1.165, 1.54) is 4.90 Å². The lowest BCUT2D eigenvalue weighted by Gasteiger charge is -2.24. The number of carbonyl (C=O) groups is 2. The van der Waals surface area contributed by atoms with Crippen LogP contribution in [0.3, 0.4) is 0 Å². The molecular formula is C18H23NO4. The fourth-order valence-corrected chi connectivity index (χ4v) is 2.39. The standard InChI is InChI=1S/C18H23NO4/c1-5-22-16(20)15-12-19(17(21)23-18(2,3)4)11-14(15)13-9-7-6-8-10-13/h6-10H,5,11-12H2,1-4H3. The molecule has 0 unspecified atom stereocenters. The lowest BCUT2D eigenvalue weighted by atomic mass is 10.0. The van der Waals surface area contributed by atoms with Crippen LogP contribution in [-0.2, 0) is 14.3 Å². The van der Waals surface area contributed by atoms with E-state index in [9.17, 15) is 9.59 Å². The SMILES string of the molecule is CCOC(=O)C1=C(c2ccccc2)CN(C(=O)OC(C)(C)C)C1. The number of amides is 1. The summed E-state index contributed by atoms with van der Waals surface area (Å²) < 4.78 is 10.5. The minimum atomic E-state index is -0.573. The summed E-state index contributed by atoms with van der Waals surface area (Å²) in [7, 11) is 0. The van der Waals surface area contributed by atoms with Crippen LogP contribution in [0.1, 0.15) is 33.3 Å². The quantitative estimate of drug-likeness (QED) is 0.803. The fraction of sp³-hybridized carbons (Fsp3) is 0.444. The van der Waals surface area contributed by atoms with Gasteiger partial charge in [-0.1, -0.05) is 30.3 Å². The summed E-state index contributed by atoms with van der Waals surface area (Å²) in [6.45, 7) is 8.07. The minimum absolute atomic E-state index is 0.206. The first kappa shape index (κ1) is 17.1. The van der Waals surface area contributed by atoms with Crippen LogP contribution in [0.25, 0.3) is 5.57 Å². The normalized spacial score (nSPS) is 14.9. The van der Waals surface area contributed by atoms with Crippen LogP contribution in [0.5, 0.6) is 0 Å². The van der Waals surface area contributed by atoms with E-state index in [0.29, 0.717) is 18.7 Å². The Hall–Kier alpha value is -2.30. The number of nitrogens with zero attached hydrogens (tertiary/aromatic N) is 1. The molecule has 0 saturated heterocycles. The Morgan fingerprint density at radius 2 is 1.78 bits per heavy atom. The molecule has 0 N–H and O–H groups in total. The highest BCUT2D eigenvalue weighted by atomic mass is 16.6. The van der Waals surface area contributed by atoms with Gasteiger partial charge in [-0.15, -0.1) is 0 Å². The van der Waals surface area contributed by atoms with Crippen LogP contribution in [-0.4, -0.2) is 42.3 Å². The van der Waals surface area contributed by atoms with E-state index in [1.807, 2.05) is 51.1 Å². The molecule has 124 valence electrons. The zero-order valence-corrected chi connectivity index (χ0v) is 14.1. The third-order valence-corrected chi connectivity index (χ3v) is 3.36. The lowest BCUT2D eigenvalue weighted by molar-refractivity contribution is -0.138. The zero-order chi connectivity index (χ0) is 17.0. The third kappa shape index (κ3) is 4.34. The highest BCUT2D eigenvalue weighted by molar-refractivity contribution is 6.01. The monoisotopic (exact) mass is 317 g/mol. The topological polar surface area (TPSA) is 55.8 Å². The predicted octanol–water partition coefficient (Wildman–Crippen LogP) is 3.25. The van der Waals surface area contributed by atoms with Gasteiger partial charge in [-0.3, -0.25) is 4.90 Å². The summed E-state index contributed by atoms with van der Waals surface area (Å²) in [6.07, 6.45) is -0.426. The molecule has 1 amide bonds. The van der Waals surface area contributed by atoms with Gasteiger partial charge in [0.15, 0.2) is 0 Å². The summed E-state index contributed by atoms with van der Waals surface area (Å²) >= 11 is 0. The van der Waals surface area contributed by atoms with Gasteiger partial charge in [0.2, 0.25) is 0 Å². The van der Waals surface area contributed by atoms with Gasteiger partial charge in [0.25, 0.3) is 0 Å². The zero-order valence-electron chi connectivity index (χ0n) is 14.1. The fourth-order valence-electron chi connectivity index (χ4n) is 2.39. The summed E-state index contributed by atoms with van der Waals surface area (Å²) in [5, 5.41) is 0. The number of hydrogen-bond acceptors (Lipinski definition) is 4. The summed E-state index contributed by atoms with van der Waals surface area (Å²) in [5.74, 6) is -0.377. The number of hydrogen-bond donors (Lipinski definition) is 0. The summed E-state index contributed by atoms with van der Waals surface area (Å²) in [6, 6.07) is 9.57. The Kier molecular flexibility index (Phi) is 5.08. The van der Waals surface area contributed by atoms with Crippen molar-refractivity contribution >= 4 is 17.6 Å². The first-order valence-corrected chi connectivity index (χ1v) is 7.74. The summed E-state index contributed by atoms with van der Waals surface area (Å²) in [4.78, 5) is 26.0. The molecule has 0 aromatic heterocycles. The van der Waals surface area contributed by atoms with Crippen molar-refractivity contribution in [3.05, 3.63) is 41.5 Å². The van der Waals surface area contributed by atoms with Gasteiger partial charge in [0.1, 0.15) is 5.60 Å². The highest BCUT2D eigenvalue weighted by Gasteiger charge is 2.33. The molecule has 1 aromatic rings. The second kappa shape index (κ2) is 6.86. The van der Waals surface area contributed by atoms with Gasteiger partial charge >= 0.3 is 12.1 Å². The number of rotatable bonds is 3. The van der Waals surface area contributed by atoms with Gasteiger partial charge in [-0.05, 0) is 38.8 Å². The van der Waals surface area contributed by atoms with Crippen LogP contribution < -0.4 is 0 Å². The second-order valence-corrected chi connectivity index (χ2v) is 6.38. The summed E-state index contributed by atoms with van der Waals surface area (Å²) in [5.41, 5.74) is 1.68. The molecule has 0 aliphatic carbocycles. The molecule has 5 nitrogen and oxygen atoms in total. The average molecular weight is 317 g/mol. The lowest BCUT2D eigenvalue weighted by Crippen LogP contribution is -2.36. The molecule has 2 rings (SSSR count). The molecule has 23 heavy (non-hydrogen) atoms. The number of benzene rings is 1. The van der Waals surface area contributed by atoms with Gasteiger partial charge in [0.05, 0.1) is 25.3 Å². The molecule has 1 aromatic carbocycles. The highest BCUT2D eigenvalue weighted by Crippen LogP contribution is 2.28. The van der Waals surface area contributed by atoms with Crippen molar-refractivity contribution in [2.75, 3.05) is 19.7 Å². The van der Waals surface area contributed by atoms with Crippen molar-refractivity contribution in [2.24, 2.45) is 0 Å². The van der Waals surface area contributed by atoms with Gasteiger partial charge in [-0.2, -0.15) is 0 Å². The Balaban J connectivity index is 2.25. The van der Waals surface area contributed by atoms with E-state index < -0.39 is 11.7 Å². The molecular weight excluding hydrogens is 294 g/mol. The first-order chi connectivity index (χ1) is 10.8. The van der Waals surface area contributed by atoms with Crippen molar-refractivity contribution in [1.82, 2.24) is 4.90 Å². The minimum Gasteiger partial charge on any atom is -0.463 e. The van der Waals surface area contributed by atoms with Crippen LogP contribution in [0, 0.1) is 0 Å². The number of esters is 1. The van der Waals surface area contributed by atoms with E-state index in [1.54, 1.807) is 6.92 Å². The van der Waals surface area contributed by atoms with Crippen molar-refractivity contribution in [3.8, 4) is 0 Å². The maximum Gasteiger partial charge on any atom is 0.410 e. The number of ether oxygens (including phenoxy) is 2. The maximum absolute atomic E-state index is 12.3. The molecule has 0 radical (unpaired) electrons. The average Bonchev–Trinajstić information content (AvgIpc) is 2.92. The van der Waals surface area contributed by atoms with Crippen molar-refractivity contribution in [3.63, 3.8) is 0 Å². The molecule has 1 aliphatic rings. The van der Waals surface area contributed by atoms with Crippen molar-refractivity contribution in [1.29, 1.82) is 0 Å². The van der Waals surface area contributed by atoms with E-state index in [0.717, 1.165) is 11.1 Å². The molecule has 0 fully saturated rings. The Bertz CT molecular complexity index is 614. The molecule has 1 heterocycles. The van der Waals surface area contributed by atoms with E-state index in [2.05, 4.69) is 0 Å². The van der Waals surface area contributed by atoms with Gasteiger partial charge in [0, 0.05) is 0 Å². The smallest absolute Gasteiger partial charge is 0.410 e. The molecule has 1 aliphatic heterocycles. The van der Waals surface area contributed by atoms with Gasteiger partial charge in [-0.25, -0.2) is 9.59 Å². The van der Waals surface area contributed by atoms with Crippen LogP contribution in [0.4, 0.5) is 4.79 Å². The Morgan fingerprint density at radius 1 is 1.13 bits per heavy atom. The molecule has 0 atom stereocenters. The van der Waals surface area contributed by atoms with Crippen LogP contribution in [0.15, 0.2) is 35.9 Å². The molecule has 0 spiro atoms. The molecule has 5 heteroatoms. The maximum atomic E-state index is 12.3. The Labute approximate surface area is 136 Å². The molecule has 0 saturated carbocycles. The predicted molar refractivity (Wildman–Crippen MR) is 87.8 cm³/mol. The second-order valence-electron chi connectivity index (χ2n) is 6.38. The van der Waals surface area contributed by atoms with E-state index >= 15 is 0 Å². The van der Waals surface area contributed by atoms with Crippen LogP contribution in [0.2, 0.25) is 0 Å². The largest absolute Gasteiger partial charge is 0.463 e. The third-order valence-electron chi connectivity index (χ3n) is 3.36. The Morgan fingerprint density at radius 3 is 2.35 bits per heavy atom. The van der Waals surface area contributed by atoms with Crippen molar-refractivity contribution in [2.45, 2.75) is 33.3 Å². The van der Waals surface area contributed by atoms with E-state index in [-0.39, 0.29) is 12.5 Å².